The fraction of sp³-hybridized carbons (Fsp3) is 0.667. The minimum Gasteiger partial charge on any atom is -0.383 e. The maximum Gasteiger partial charge on any atom is 0.106 e. The van der Waals surface area contributed by atoms with Gasteiger partial charge in [0, 0.05) is 39.5 Å². The van der Waals surface area contributed by atoms with Gasteiger partial charge in [0.25, 0.3) is 0 Å². The monoisotopic (exact) mass is 184 g/mol. The first-order valence-electron chi connectivity index (χ1n) is 4.24. The highest BCUT2D eigenvalue weighted by atomic mass is 32.1. The second kappa shape index (κ2) is 3.90. The Balaban J connectivity index is 2.70. The molecule has 3 heteroatoms. The summed E-state index contributed by atoms with van der Waals surface area (Å²) in [5, 5.41) is 0. The highest BCUT2D eigenvalue weighted by Gasteiger charge is 2.15. The molecule has 0 aromatic carbocycles. The van der Waals surface area contributed by atoms with Crippen LogP contribution in [-0.2, 0) is 0 Å². The molecule has 0 bridgehead atoms. The van der Waals surface area contributed by atoms with Gasteiger partial charge in [-0.25, -0.2) is 0 Å². The van der Waals surface area contributed by atoms with Crippen LogP contribution < -0.4 is 0 Å². The molecule has 0 atom stereocenters. The minimum absolute atomic E-state index is 1.01. The van der Waals surface area contributed by atoms with Gasteiger partial charge in [-0.2, -0.15) is 0 Å². The standard InChI is InChI=1S/C9H16N2S/c1-10(2)7-8-5-4-6-11(3)9(8)12/h7H,4-6H2,1-3H3/b8-7-. The van der Waals surface area contributed by atoms with Gasteiger partial charge in [0.1, 0.15) is 4.99 Å². The number of rotatable bonds is 1. The SMILES string of the molecule is CN(C)/C=C1/CCCN(C)C1=S. The lowest BCUT2D eigenvalue weighted by molar-refractivity contribution is 0.465. The molecule has 2 nitrogen and oxygen atoms in total. The summed E-state index contributed by atoms with van der Waals surface area (Å²) in [5.74, 6) is 0. The van der Waals surface area contributed by atoms with Crippen LogP contribution in [0.5, 0.6) is 0 Å². The molecule has 0 amide bonds. The molecule has 1 saturated heterocycles. The number of hydrogen-bond donors (Lipinski definition) is 0. The summed E-state index contributed by atoms with van der Waals surface area (Å²) in [4.78, 5) is 5.21. The molecule has 1 heterocycles. The van der Waals surface area contributed by atoms with Crippen molar-refractivity contribution in [1.29, 1.82) is 0 Å². The predicted octanol–water partition coefficient (Wildman–Crippen LogP) is 1.48. The van der Waals surface area contributed by atoms with Crippen molar-refractivity contribution in [3.63, 3.8) is 0 Å². The average molecular weight is 184 g/mol. The summed E-state index contributed by atoms with van der Waals surface area (Å²) >= 11 is 5.30. The van der Waals surface area contributed by atoms with E-state index in [1.54, 1.807) is 0 Å². The molecule has 0 aromatic heterocycles. The summed E-state index contributed by atoms with van der Waals surface area (Å²) in [5.41, 5.74) is 1.30. The maximum atomic E-state index is 5.30. The van der Waals surface area contributed by atoms with E-state index in [4.69, 9.17) is 12.2 Å². The Hall–Kier alpha value is -0.570. The number of likely N-dealkylation sites (tertiary alicyclic amines) is 1. The van der Waals surface area contributed by atoms with Crippen molar-refractivity contribution in [2.45, 2.75) is 12.8 Å². The number of thiocarbonyl (C=S) groups is 1. The number of likely N-dealkylation sites (N-methyl/N-ethyl adjacent to an activating group) is 1. The van der Waals surface area contributed by atoms with Crippen LogP contribution in [0.3, 0.4) is 0 Å². The van der Waals surface area contributed by atoms with E-state index < -0.39 is 0 Å². The fourth-order valence-corrected chi connectivity index (χ4v) is 1.64. The first kappa shape index (κ1) is 9.52. The molecular formula is C9H16N2S. The van der Waals surface area contributed by atoms with Crippen LogP contribution in [0.25, 0.3) is 0 Å². The molecule has 1 fully saturated rings. The van der Waals surface area contributed by atoms with E-state index in [9.17, 15) is 0 Å². The second-order valence-corrected chi connectivity index (χ2v) is 3.83. The zero-order chi connectivity index (χ0) is 9.14. The lowest BCUT2D eigenvalue weighted by Crippen LogP contribution is -2.32. The molecular weight excluding hydrogens is 168 g/mol. The van der Waals surface area contributed by atoms with Crippen molar-refractivity contribution in [3.8, 4) is 0 Å². The van der Waals surface area contributed by atoms with E-state index in [0.29, 0.717) is 0 Å². The normalized spacial score (nSPS) is 21.8. The van der Waals surface area contributed by atoms with Gasteiger partial charge in [0.15, 0.2) is 0 Å². The van der Waals surface area contributed by atoms with Gasteiger partial charge in [0.05, 0.1) is 0 Å². The first-order valence-corrected chi connectivity index (χ1v) is 4.64. The van der Waals surface area contributed by atoms with Crippen LogP contribution in [0, 0.1) is 0 Å². The van der Waals surface area contributed by atoms with Crippen LogP contribution >= 0.6 is 12.2 Å². The summed E-state index contributed by atoms with van der Waals surface area (Å²) in [6, 6.07) is 0. The van der Waals surface area contributed by atoms with Gasteiger partial charge in [-0.1, -0.05) is 12.2 Å². The van der Waals surface area contributed by atoms with Crippen LogP contribution in [-0.4, -0.2) is 42.5 Å². The van der Waals surface area contributed by atoms with Gasteiger partial charge in [-0.05, 0) is 12.8 Å². The Labute approximate surface area is 79.8 Å². The fourth-order valence-electron chi connectivity index (χ4n) is 1.39. The third-order valence-corrected chi connectivity index (χ3v) is 2.55. The zero-order valence-electron chi connectivity index (χ0n) is 8.00. The second-order valence-electron chi connectivity index (χ2n) is 3.45. The van der Waals surface area contributed by atoms with Crippen LogP contribution in [0.1, 0.15) is 12.8 Å². The van der Waals surface area contributed by atoms with E-state index in [0.717, 1.165) is 18.0 Å². The molecule has 1 rings (SSSR count). The molecule has 0 unspecified atom stereocenters. The van der Waals surface area contributed by atoms with E-state index in [2.05, 4.69) is 23.0 Å². The van der Waals surface area contributed by atoms with E-state index >= 15 is 0 Å². The Bertz CT molecular complexity index is 209. The first-order chi connectivity index (χ1) is 5.61. The van der Waals surface area contributed by atoms with Crippen molar-refractivity contribution in [2.24, 2.45) is 0 Å². The van der Waals surface area contributed by atoms with E-state index in [-0.39, 0.29) is 0 Å². The van der Waals surface area contributed by atoms with Crippen molar-refractivity contribution in [1.82, 2.24) is 9.80 Å². The lowest BCUT2D eigenvalue weighted by Gasteiger charge is -2.28. The minimum atomic E-state index is 1.01. The van der Waals surface area contributed by atoms with Gasteiger partial charge in [-0.3, -0.25) is 0 Å². The van der Waals surface area contributed by atoms with Gasteiger partial charge in [-0.15, -0.1) is 0 Å². The van der Waals surface area contributed by atoms with E-state index in [1.807, 2.05) is 14.1 Å². The molecule has 0 N–H and O–H groups in total. The van der Waals surface area contributed by atoms with Crippen LogP contribution in [0.2, 0.25) is 0 Å². The van der Waals surface area contributed by atoms with E-state index in [1.165, 1.54) is 12.0 Å². The summed E-state index contributed by atoms with van der Waals surface area (Å²) < 4.78 is 0. The molecule has 68 valence electrons. The molecule has 0 saturated carbocycles. The topological polar surface area (TPSA) is 6.48 Å². The van der Waals surface area contributed by atoms with Crippen LogP contribution in [0.4, 0.5) is 0 Å². The van der Waals surface area contributed by atoms with Crippen LogP contribution in [0.15, 0.2) is 11.8 Å². The molecule has 0 spiro atoms. The number of nitrogens with zero attached hydrogens (tertiary/aromatic N) is 2. The lowest BCUT2D eigenvalue weighted by atomic mass is 10.1. The molecule has 0 radical (unpaired) electrons. The molecule has 12 heavy (non-hydrogen) atoms. The zero-order valence-corrected chi connectivity index (χ0v) is 8.82. The van der Waals surface area contributed by atoms with Crippen molar-refractivity contribution in [2.75, 3.05) is 27.7 Å². The third-order valence-electron chi connectivity index (χ3n) is 1.98. The molecule has 1 aliphatic rings. The maximum absolute atomic E-state index is 5.30. The largest absolute Gasteiger partial charge is 0.383 e. The highest BCUT2D eigenvalue weighted by molar-refractivity contribution is 7.80. The molecule has 0 aliphatic carbocycles. The molecule has 0 aromatic rings. The van der Waals surface area contributed by atoms with Crippen molar-refractivity contribution >= 4 is 17.2 Å². The summed E-state index contributed by atoms with van der Waals surface area (Å²) in [7, 11) is 6.12. The summed E-state index contributed by atoms with van der Waals surface area (Å²) in [6.07, 6.45) is 4.47. The Morgan fingerprint density at radius 2 is 2.17 bits per heavy atom. The average Bonchev–Trinajstić information content (AvgIpc) is 1.98. The highest BCUT2D eigenvalue weighted by Crippen LogP contribution is 2.17. The number of piperidine rings is 1. The number of hydrogen-bond acceptors (Lipinski definition) is 2. The molecule has 1 aliphatic heterocycles. The Morgan fingerprint density at radius 1 is 1.50 bits per heavy atom. The van der Waals surface area contributed by atoms with Gasteiger partial charge in [0.2, 0.25) is 0 Å². The van der Waals surface area contributed by atoms with Gasteiger partial charge < -0.3 is 9.80 Å². The van der Waals surface area contributed by atoms with Crippen molar-refractivity contribution < 1.29 is 0 Å². The predicted molar refractivity (Wildman–Crippen MR) is 56.2 cm³/mol. The van der Waals surface area contributed by atoms with Crippen molar-refractivity contribution in [3.05, 3.63) is 11.8 Å². The smallest absolute Gasteiger partial charge is 0.106 e. The Kier molecular flexibility index (Phi) is 3.09. The third kappa shape index (κ3) is 2.21. The van der Waals surface area contributed by atoms with Gasteiger partial charge >= 0.3 is 0 Å². The summed E-state index contributed by atoms with van der Waals surface area (Å²) in [6.45, 7) is 1.10. The Morgan fingerprint density at radius 3 is 2.75 bits per heavy atom. The quantitative estimate of drug-likeness (QED) is 0.450.